The van der Waals surface area contributed by atoms with Crippen molar-refractivity contribution in [3.63, 3.8) is 0 Å². The van der Waals surface area contributed by atoms with Gasteiger partial charge in [-0.3, -0.25) is 9.59 Å². The molecule has 0 saturated carbocycles. The van der Waals surface area contributed by atoms with Gasteiger partial charge in [0.25, 0.3) is 5.91 Å². The second-order valence-corrected chi connectivity index (χ2v) is 9.20. The lowest BCUT2D eigenvalue weighted by Crippen LogP contribution is -2.50. The van der Waals surface area contributed by atoms with Crippen molar-refractivity contribution in [2.45, 2.75) is 52.7 Å². The quantitative estimate of drug-likeness (QED) is 0.457. The zero-order chi connectivity index (χ0) is 23.1. The molecule has 168 valence electrons. The van der Waals surface area contributed by atoms with E-state index in [-0.39, 0.29) is 31.0 Å². The van der Waals surface area contributed by atoms with Crippen LogP contribution in [-0.4, -0.2) is 35.4 Å². The van der Waals surface area contributed by atoms with Crippen LogP contribution in [0.15, 0.2) is 40.9 Å². The van der Waals surface area contributed by atoms with Crippen molar-refractivity contribution in [3.05, 3.63) is 62.0 Å². The lowest BCUT2D eigenvalue weighted by Gasteiger charge is -2.29. The SMILES string of the molecule is CCc1ccc(OCC(=O)N(Cc2ccc(Cl)cc2Cl)C(C)C(=O)NC(C)C)c(Br)c1. The molecule has 0 bridgehead atoms. The lowest BCUT2D eigenvalue weighted by atomic mass is 10.1. The molecule has 5 nitrogen and oxygen atoms in total. The summed E-state index contributed by atoms with van der Waals surface area (Å²) in [6.45, 7) is 7.43. The highest BCUT2D eigenvalue weighted by Crippen LogP contribution is 2.27. The Morgan fingerprint density at radius 1 is 1.13 bits per heavy atom. The molecule has 0 fully saturated rings. The van der Waals surface area contributed by atoms with E-state index in [1.807, 2.05) is 32.0 Å². The highest BCUT2D eigenvalue weighted by molar-refractivity contribution is 9.10. The third-order valence-electron chi connectivity index (χ3n) is 4.71. The molecule has 2 aromatic carbocycles. The molecule has 8 heteroatoms. The van der Waals surface area contributed by atoms with E-state index in [1.165, 1.54) is 4.90 Å². The standard InChI is InChI=1S/C23H27BrCl2N2O3/c1-5-16-6-9-21(19(24)10-16)31-13-22(29)28(15(4)23(30)27-14(2)3)12-17-7-8-18(25)11-20(17)26/h6-11,14-15H,5,12-13H2,1-4H3,(H,27,30). The minimum Gasteiger partial charge on any atom is -0.483 e. The predicted molar refractivity (Wildman–Crippen MR) is 129 cm³/mol. The van der Waals surface area contributed by atoms with Crippen molar-refractivity contribution in [3.8, 4) is 5.75 Å². The number of hydrogen-bond acceptors (Lipinski definition) is 3. The van der Waals surface area contributed by atoms with Crippen LogP contribution >= 0.6 is 39.1 Å². The van der Waals surface area contributed by atoms with Crippen molar-refractivity contribution >= 4 is 50.9 Å². The Morgan fingerprint density at radius 3 is 2.42 bits per heavy atom. The molecule has 0 saturated heterocycles. The summed E-state index contributed by atoms with van der Waals surface area (Å²) in [5.41, 5.74) is 1.85. The van der Waals surface area contributed by atoms with Crippen molar-refractivity contribution in [1.29, 1.82) is 0 Å². The molecule has 0 heterocycles. The van der Waals surface area contributed by atoms with Crippen LogP contribution in [0.1, 0.15) is 38.8 Å². The van der Waals surface area contributed by atoms with E-state index in [9.17, 15) is 9.59 Å². The van der Waals surface area contributed by atoms with Crippen LogP contribution in [0.3, 0.4) is 0 Å². The summed E-state index contributed by atoms with van der Waals surface area (Å²) < 4.78 is 6.53. The predicted octanol–water partition coefficient (Wildman–Crippen LogP) is 5.64. The molecular formula is C23H27BrCl2N2O3. The Hall–Kier alpha value is -1.76. The molecule has 1 atom stereocenters. The van der Waals surface area contributed by atoms with Gasteiger partial charge in [0, 0.05) is 22.6 Å². The smallest absolute Gasteiger partial charge is 0.261 e. The van der Waals surface area contributed by atoms with Crippen molar-refractivity contribution in [2.75, 3.05) is 6.61 Å². The van der Waals surface area contributed by atoms with Crippen LogP contribution in [0.25, 0.3) is 0 Å². The Morgan fingerprint density at radius 2 is 1.84 bits per heavy atom. The summed E-state index contributed by atoms with van der Waals surface area (Å²) in [5, 5.41) is 3.78. The number of hydrogen-bond donors (Lipinski definition) is 1. The number of rotatable bonds is 9. The normalized spacial score (nSPS) is 11.9. The number of ether oxygens (including phenoxy) is 1. The first-order valence-electron chi connectivity index (χ1n) is 10.1. The third-order valence-corrected chi connectivity index (χ3v) is 5.92. The minimum absolute atomic E-state index is 0.0460. The number of nitrogens with one attached hydrogen (secondary N) is 1. The summed E-state index contributed by atoms with van der Waals surface area (Å²) >= 11 is 15.8. The fourth-order valence-corrected chi connectivity index (χ4v) is 3.93. The average Bonchev–Trinajstić information content (AvgIpc) is 2.71. The fourth-order valence-electron chi connectivity index (χ4n) is 2.92. The largest absolute Gasteiger partial charge is 0.483 e. The Balaban J connectivity index is 2.21. The molecule has 2 rings (SSSR count). The van der Waals surface area contributed by atoms with E-state index in [2.05, 4.69) is 28.2 Å². The number of amides is 2. The number of benzene rings is 2. The first kappa shape index (κ1) is 25.5. The highest BCUT2D eigenvalue weighted by Gasteiger charge is 2.27. The molecule has 0 aliphatic heterocycles. The lowest BCUT2D eigenvalue weighted by molar-refractivity contribution is -0.142. The Kier molecular flexibility index (Phi) is 9.66. The molecule has 0 spiro atoms. The van der Waals surface area contributed by atoms with Crippen molar-refractivity contribution < 1.29 is 14.3 Å². The van der Waals surface area contributed by atoms with E-state index >= 15 is 0 Å². The molecule has 1 unspecified atom stereocenters. The maximum absolute atomic E-state index is 13.1. The van der Waals surface area contributed by atoms with Crippen LogP contribution < -0.4 is 10.1 Å². The molecule has 0 aliphatic rings. The summed E-state index contributed by atoms with van der Waals surface area (Å²) in [6.07, 6.45) is 0.899. The number of halogens is 3. The van der Waals surface area contributed by atoms with E-state index in [0.29, 0.717) is 21.4 Å². The molecule has 2 aromatic rings. The third kappa shape index (κ3) is 7.41. The molecule has 0 radical (unpaired) electrons. The topological polar surface area (TPSA) is 58.6 Å². The van der Waals surface area contributed by atoms with Crippen LogP contribution in [0.4, 0.5) is 0 Å². The van der Waals surface area contributed by atoms with Crippen molar-refractivity contribution in [2.24, 2.45) is 0 Å². The van der Waals surface area contributed by atoms with Gasteiger partial charge in [0.15, 0.2) is 6.61 Å². The monoisotopic (exact) mass is 528 g/mol. The molecule has 0 aromatic heterocycles. The molecule has 1 N–H and O–H groups in total. The summed E-state index contributed by atoms with van der Waals surface area (Å²) in [4.78, 5) is 27.2. The van der Waals surface area contributed by atoms with Gasteiger partial charge in [-0.15, -0.1) is 0 Å². The van der Waals surface area contributed by atoms with Crippen molar-refractivity contribution in [1.82, 2.24) is 10.2 Å². The van der Waals surface area contributed by atoms with E-state index in [1.54, 1.807) is 25.1 Å². The van der Waals surface area contributed by atoms with Gasteiger partial charge in [0.2, 0.25) is 5.91 Å². The van der Waals surface area contributed by atoms with Gasteiger partial charge < -0.3 is 15.0 Å². The van der Waals surface area contributed by atoms with E-state index < -0.39 is 6.04 Å². The Bertz CT molecular complexity index is 937. The van der Waals surface area contributed by atoms with Crippen LogP contribution in [-0.2, 0) is 22.6 Å². The number of carbonyl (C=O) groups is 2. The molecule has 31 heavy (non-hydrogen) atoms. The molecule has 0 aliphatic carbocycles. The highest BCUT2D eigenvalue weighted by atomic mass is 79.9. The first-order chi connectivity index (χ1) is 14.6. The second-order valence-electron chi connectivity index (χ2n) is 7.50. The van der Waals surface area contributed by atoms with Gasteiger partial charge in [-0.2, -0.15) is 0 Å². The first-order valence-corrected chi connectivity index (χ1v) is 11.6. The maximum Gasteiger partial charge on any atom is 0.261 e. The summed E-state index contributed by atoms with van der Waals surface area (Å²) in [6, 6.07) is 10.0. The average molecular weight is 530 g/mol. The van der Waals surface area contributed by atoms with Gasteiger partial charge in [-0.25, -0.2) is 0 Å². The minimum atomic E-state index is -0.712. The van der Waals surface area contributed by atoms with E-state index in [0.717, 1.165) is 16.5 Å². The zero-order valence-electron chi connectivity index (χ0n) is 18.0. The van der Waals surface area contributed by atoms with Crippen LogP contribution in [0.2, 0.25) is 10.0 Å². The number of nitrogens with zero attached hydrogens (tertiary/aromatic N) is 1. The van der Waals surface area contributed by atoms with Gasteiger partial charge in [-0.05, 0) is 78.5 Å². The van der Waals surface area contributed by atoms with Crippen LogP contribution in [0.5, 0.6) is 5.75 Å². The van der Waals surface area contributed by atoms with E-state index in [4.69, 9.17) is 27.9 Å². The molecule has 2 amide bonds. The van der Waals surface area contributed by atoms with Gasteiger partial charge in [0.1, 0.15) is 11.8 Å². The maximum atomic E-state index is 13.1. The number of carbonyl (C=O) groups excluding carboxylic acids is 2. The fraction of sp³-hybridized carbons (Fsp3) is 0.391. The van der Waals surface area contributed by atoms with Gasteiger partial charge in [0.05, 0.1) is 4.47 Å². The van der Waals surface area contributed by atoms with Gasteiger partial charge in [-0.1, -0.05) is 42.3 Å². The van der Waals surface area contributed by atoms with Gasteiger partial charge >= 0.3 is 0 Å². The zero-order valence-corrected chi connectivity index (χ0v) is 21.1. The summed E-state index contributed by atoms with van der Waals surface area (Å²) in [5.74, 6) is -0.0138. The molecular weight excluding hydrogens is 503 g/mol. The summed E-state index contributed by atoms with van der Waals surface area (Å²) in [7, 11) is 0. The number of aryl methyl sites for hydroxylation is 1. The van der Waals surface area contributed by atoms with Crippen LogP contribution in [0, 0.1) is 0 Å². The second kappa shape index (κ2) is 11.7. The Labute approximate surface area is 202 Å².